The largest absolute Gasteiger partial charge is 0.425 e. The third-order valence-electron chi connectivity index (χ3n) is 6.33. The number of hydrogen-bond donors (Lipinski definition) is 2. The Bertz CT molecular complexity index is 527. The monoisotopic (exact) mass is 296 g/mol. The first-order valence-electron chi connectivity index (χ1n) is 7.62. The Morgan fingerprint density at radius 2 is 2.10 bits per heavy atom. The molecular formula is C16H24O5. The van der Waals surface area contributed by atoms with Gasteiger partial charge in [-0.15, -0.1) is 0 Å². The Balaban J connectivity index is 2.19. The highest BCUT2D eigenvalue weighted by Crippen LogP contribution is 2.62. The summed E-state index contributed by atoms with van der Waals surface area (Å²) in [7, 11) is 1.46. The van der Waals surface area contributed by atoms with Gasteiger partial charge in [0.1, 0.15) is 0 Å². The molecule has 0 spiro atoms. The maximum absolute atomic E-state index is 12.0. The minimum Gasteiger partial charge on any atom is -0.425 e. The Morgan fingerprint density at radius 1 is 1.43 bits per heavy atom. The molecule has 0 bridgehead atoms. The van der Waals surface area contributed by atoms with Crippen molar-refractivity contribution in [3.8, 4) is 0 Å². The summed E-state index contributed by atoms with van der Waals surface area (Å²) in [6.45, 7) is 5.63. The lowest BCUT2D eigenvalue weighted by molar-refractivity contribution is -0.279. The van der Waals surface area contributed by atoms with Gasteiger partial charge < -0.3 is 19.7 Å². The molecule has 0 amide bonds. The van der Waals surface area contributed by atoms with Crippen LogP contribution in [0.25, 0.3) is 0 Å². The van der Waals surface area contributed by atoms with Crippen LogP contribution in [0.15, 0.2) is 11.1 Å². The number of aliphatic hydroxyl groups is 2. The smallest absolute Gasteiger partial charge is 0.336 e. The fourth-order valence-corrected chi connectivity index (χ4v) is 4.66. The second-order valence-corrected chi connectivity index (χ2v) is 7.07. The number of esters is 1. The summed E-state index contributed by atoms with van der Waals surface area (Å²) in [4.78, 5) is 12.0. The quantitative estimate of drug-likeness (QED) is 0.718. The van der Waals surface area contributed by atoms with Crippen molar-refractivity contribution in [3.63, 3.8) is 0 Å². The fraction of sp³-hybridized carbons (Fsp3) is 0.812. The molecule has 0 radical (unpaired) electrons. The van der Waals surface area contributed by atoms with Gasteiger partial charge in [-0.25, -0.2) is 4.79 Å². The molecule has 5 heteroatoms. The van der Waals surface area contributed by atoms with E-state index >= 15 is 0 Å². The number of hydrogen-bond acceptors (Lipinski definition) is 5. The normalized spacial score (nSPS) is 49.7. The van der Waals surface area contributed by atoms with E-state index in [0.717, 1.165) is 12.8 Å². The minimum atomic E-state index is -1.31. The van der Waals surface area contributed by atoms with Crippen LogP contribution in [0.3, 0.4) is 0 Å². The van der Waals surface area contributed by atoms with E-state index in [4.69, 9.17) is 9.47 Å². The molecule has 0 unspecified atom stereocenters. The summed E-state index contributed by atoms with van der Waals surface area (Å²) in [6, 6.07) is 0. The lowest BCUT2D eigenvalue weighted by Crippen LogP contribution is -2.68. The third-order valence-corrected chi connectivity index (χ3v) is 6.33. The van der Waals surface area contributed by atoms with Gasteiger partial charge in [0.15, 0.2) is 0 Å². The van der Waals surface area contributed by atoms with E-state index < -0.39 is 28.9 Å². The number of carbonyl (C=O) groups excluding carboxylic acids is 1. The molecule has 0 aromatic rings. The van der Waals surface area contributed by atoms with Gasteiger partial charge in [-0.3, -0.25) is 0 Å². The molecule has 118 valence electrons. The number of rotatable bonds is 1. The van der Waals surface area contributed by atoms with Gasteiger partial charge in [-0.2, -0.15) is 0 Å². The van der Waals surface area contributed by atoms with Crippen molar-refractivity contribution in [1.82, 2.24) is 0 Å². The lowest BCUT2D eigenvalue weighted by Gasteiger charge is -2.60. The molecular weight excluding hydrogens is 272 g/mol. The van der Waals surface area contributed by atoms with E-state index in [9.17, 15) is 15.0 Å². The molecule has 1 aliphatic heterocycles. The standard InChI is InChI=1S/C16H24O5/c1-9-6-5-7-15(19)8-16(20-4)11(10(2)13(18)21-16)12(17)14(9,15)3/h9,12,17,19H,5-8H2,1-4H3/t9-,12+,14-,15-,16-/m0/s1. The molecule has 2 fully saturated rings. The van der Waals surface area contributed by atoms with Gasteiger partial charge in [0.2, 0.25) is 5.79 Å². The maximum atomic E-state index is 12.0. The zero-order valence-electron chi connectivity index (χ0n) is 13.1. The van der Waals surface area contributed by atoms with E-state index in [0.29, 0.717) is 17.6 Å². The molecule has 21 heavy (non-hydrogen) atoms. The molecule has 5 nitrogen and oxygen atoms in total. The molecule has 0 saturated heterocycles. The average molecular weight is 296 g/mol. The number of carbonyl (C=O) groups is 1. The summed E-state index contributed by atoms with van der Waals surface area (Å²) >= 11 is 0. The molecule has 0 aromatic carbocycles. The van der Waals surface area contributed by atoms with Gasteiger partial charge in [0.05, 0.1) is 11.7 Å². The Morgan fingerprint density at radius 3 is 2.71 bits per heavy atom. The van der Waals surface area contributed by atoms with Crippen LogP contribution < -0.4 is 0 Å². The van der Waals surface area contributed by atoms with E-state index in [-0.39, 0.29) is 12.3 Å². The SMILES string of the molecule is CO[C@]12C[C@@]3(O)CCC[C@H](C)[C@@]3(C)[C@H](O)C1=C(C)C(=O)O2. The van der Waals surface area contributed by atoms with E-state index in [1.54, 1.807) is 6.92 Å². The first-order chi connectivity index (χ1) is 9.72. The van der Waals surface area contributed by atoms with Crippen LogP contribution in [0.2, 0.25) is 0 Å². The van der Waals surface area contributed by atoms with Gasteiger partial charge in [-0.05, 0) is 25.7 Å². The first-order valence-corrected chi connectivity index (χ1v) is 7.62. The highest BCUT2D eigenvalue weighted by molar-refractivity contribution is 5.92. The minimum absolute atomic E-state index is 0.150. The summed E-state index contributed by atoms with van der Waals surface area (Å²) in [5, 5.41) is 22.3. The second-order valence-electron chi connectivity index (χ2n) is 7.07. The van der Waals surface area contributed by atoms with Crippen LogP contribution >= 0.6 is 0 Å². The van der Waals surface area contributed by atoms with Crippen molar-refractivity contribution < 1.29 is 24.5 Å². The number of aliphatic hydroxyl groups excluding tert-OH is 1. The molecule has 2 N–H and O–H groups in total. The van der Waals surface area contributed by atoms with Crippen LogP contribution in [0.4, 0.5) is 0 Å². The van der Waals surface area contributed by atoms with Gasteiger partial charge >= 0.3 is 5.97 Å². The highest BCUT2D eigenvalue weighted by atomic mass is 16.7. The predicted octanol–water partition coefficient (Wildman–Crippen LogP) is 1.52. The maximum Gasteiger partial charge on any atom is 0.336 e. The van der Waals surface area contributed by atoms with E-state index in [2.05, 4.69) is 6.92 Å². The second kappa shape index (κ2) is 4.31. The predicted molar refractivity (Wildman–Crippen MR) is 75.2 cm³/mol. The van der Waals surface area contributed by atoms with Crippen molar-refractivity contribution in [2.24, 2.45) is 11.3 Å². The average Bonchev–Trinajstić information content (AvgIpc) is 2.67. The number of methoxy groups -OCH3 is 1. The van der Waals surface area contributed by atoms with Gasteiger partial charge in [-0.1, -0.05) is 20.3 Å². The summed E-state index contributed by atoms with van der Waals surface area (Å²) in [5.74, 6) is -1.63. The van der Waals surface area contributed by atoms with Crippen LogP contribution in [-0.2, 0) is 14.3 Å². The molecule has 2 aliphatic carbocycles. The topological polar surface area (TPSA) is 76.0 Å². The molecule has 3 aliphatic rings. The fourth-order valence-electron chi connectivity index (χ4n) is 4.66. The molecule has 1 heterocycles. The highest BCUT2D eigenvalue weighted by Gasteiger charge is 2.69. The van der Waals surface area contributed by atoms with Gasteiger partial charge in [0.25, 0.3) is 0 Å². The Labute approximate surface area is 124 Å². The Kier molecular flexibility index (Phi) is 3.08. The van der Waals surface area contributed by atoms with Crippen molar-refractivity contribution >= 4 is 5.97 Å². The zero-order chi connectivity index (χ0) is 15.6. The number of fused-ring (bicyclic) bond motifs is 2. The molecule has 5 atom stereocenters. The van der Waals surface area contributed by atoms with Crippen molar-refractivity contribution in [2.75, 3.05) is 7.11 Å². The van der Waals surface area contributed by atoms with E-state index in [1.165, 1.54) is 7.11 Å². The van der Waals surface area contributed by atoms with Gasteiger partial charge in [0, 0.05) is 30.1 Å². The van der Waals surface area contributed by atoms with Crippen molar-refractivity contribution in [3.05, 3.63) is 11.1 Å². The summed E-state index contributed by atoms with van der Waals surface area (Å²) in [6.07, 6.45) is 1.67. The third kappa shape index (κ3) is 1.60. The molecule has 2 saturated carbocycles. The zero-order valence-corrected chi connectivity index (χ0v) is 13.1. The lowest BCUT2D eigenvalue weighted by atomic mass is 9.49. The summed E-state index contributed by atoms with van der Waals surface area (Å²) < 4.78 is 10.9. The van der Waals surface area contributed by atoms with Crippen LogP contribution in [0.1, 0.15) is 46.5 Å². The van der Waals surface area contributed by atoms with Crippen molar-refractivity contribution in [1.29, 1.82) is 0 Å². The van der Waals surface area contributed by atoms with E-state index in [1.807, 2.05) is 6.92 Å². The van der Waals surface area contributed by atoms with Crippen LogP contribution in [0, 0.1) is 11.3 Å². The molecule has 3 rings (SSSR count). The number of ether oxygens (including phenoxy) is 2. The summed E-state index contributed by atoms with van der Waals surface area (Å²) in [5.41, 5.74) is -0.895. The van der Waals surface area contributed by atoms with Crippen LogP contribution in [0.5, 0.6) is 0 Å². The Hall–Kier alpha value is -0.910. The molecule has 0 aromatic heterocycles. The van der Waals surface area contributed by atoms with Crippen molar-refractivity contribution in [2.45, 2.75) is 63.9 Å². The first kappa shape index (κ1) is 15.0. The van der Waals surface area contributed by atoms with Crippen LogP contribution in [-0.4, -0.2) is 40.8 Å².